The van der Waals surface area contributed by atoms with Crippen molar-refractivity contribution in [2.24, 2.45) is 5.73 Å². The number of rotatable bonds is 5. The van der Waals surface area contributed by atoms with Gasteiger partial charge in [0.1, 0.15) is 5.82 Å². The standard InChI is InChI=1S/C11H13ClFNOS/c1-7(11(14)15)16-6-5-8-9(12)3-2-4-10(8)13/h2-4,7H,5-6H2,1H3,(H2,14,15). The summed E-state index contributed by atoms with van der Waals surface area (Å²) in [5.74, 6) is -0.0467. The van der Waals surface area contributed by atoms with Crippen LogP contribution in [-0.4, -0.2) is 16.9 Å². The molecule has 0 saturated heterocycles. The van der Waals surface area contributed by atoms with Crippen LogP contribution < -0.4 is 5.73 Å². The van der Waals surface area contributed by atoms with Crippen molar-refractivity contribution >= 4 is 29.3 Å². The largest absolute Gasteiger partial charge is 0.369 e. The summed E-state index contributed by atoms with van der Waals surface area (Å²) >= 11 is 7.26. The molecule has 0 aliphatic heterocycles. The number of hydrogen-bond donors (Lipinski definition) is 1. The van der Waals surface area contributed by atoms with E-state index in [2.05, 4.69) is 0 Å². The number of carbonyl (C=O) groups is 1. The Labute approximate surface area is 103 Å². The maximum absolute atomic E-state index is 13.3. The third-order valence-electron chi connectivity index (χ3n) is 2.18. The molecule has 1 aromatic rings. The molecule has 1 atom stereocenters. The van der Waals surface area contributed by atoms with Gasteiger partial charge in [-0.15, -0.1) is 11.8 Å². The highest BCUT2D eigenvalue weighted by Gasteiger charge is 2.11. The van der Waals surface area contributed by atoms with Crippen molar-refractivity contribution in [3.05, 3.63) is 34.6 Å². The quantitative estimate of drug-likeness (QED) is 0.885. The van der Waals surface area contributed by atoms with Crippen LogP contribution in [0.5, 0.6) is 0 Å². The number of primary amides is 1. The fraction of sp³-hybridized carbons (Fsp3) is 0.364. The van der Waals surface area contributed by atoms with Gasteiger partial charge in [0.25, 0.3) is 0 Å². The molecule has 0 saturated carbocycles. The summed E-state index contributed by atoms with van der Waals surface area (Å²) in [5.41, 5.74) is 5.61. The van der Waals surface area contributed by atoms with Crippen LogP contribution in [0.4, 0.5) is 4.39 Å². The summed E-state index contributed by atoms with van der Waals surface area (Å²) in [4.78, 5) is 10.8. The second kappa shape index (κ2) is 6.11. The van der Waals surface area contributed by atoms with Gasteiger partial charge in [0.15, 0.2) is 0 Å². The third kappa shape index (κ3) is 3.68. The summed E-state index contributed by atoms with van der Waals surface area (Å²) < 4.78 is 13.3. The molecule has 0 bridgehead atoms. The molecule has 0 heterocycles. The number of benzene rings is 1. The van der Waals surface area contributed by atoms with Crippen LogP contribution in [-0.2, 0) is 11.2 Å². The Kier molecular flexibility index (Phi) is 5.09. The topological polar surface area (TPSA) is 43.1 Å². The summed E-state index contributed by atoms with van der Waals surface area (Å²) in [6, 6.07) is 4.60. The lowest BCUT2D eigenvalue weighted by Crippen LogP contribution is -2.23. The predicted molar refractivity (Wildman–Crippen MR) is 66.2 cm³/mol. The lowest BCUT2D eigenvalue weighted by molar-refractivity contribution is -0.117. The van der Waals surface area contributed by atoms with Gasteiger partial charge in [0.05, 0.1) is 5.25 Å². The zero-order valence-corrected chi connectivity index (χ0v) is 10.4. The van der Waals surface area contributed by atoms with Crippen LogP contribution in [0.25, 0.3) is 0 Å². The molecule has 1 aromatic carbocycles. The van der Waals surface area contributed by atoms with E-state index in [0.29, 0.717) is 22.8 Å². The molecule has 0 radical (unpaired) electrons. The molecule has 1 amide bonds. The molecule has 0 aliphatic carbocycles. The Morgan fingerprint density at radius 2 is 2.31 bits per heavy atom. The minimum atomic E-state index is -0.357. The number of carbonyl (C=O) groups excluding carboxylic acids is 1. The van der Waals surface area contributed by atoms with Gasteiger partial charge in [-0.1, -0.05) is 17.7 Å². The van der Waals surface area contributed by atoms with Crippen LogP contribution in [0, 0.1) is 5.82 Å². The Bertz CT molecular complexity index is 366. The Balaban J connectivity index is 2.52. The first-order chi connectivity index (χ1) is 7.52. The summed E-state index contributed by atoms with van der Waals surface area (Å²) in [7, 11) is 0. The van der Waals surface area contributed by atoms with E-state index in [0.717, 1.165) is 0 Å². The average molecular weight is 262 g/mol. The molecular weight excluding hydrogens is 249 g/mol. The van der Waals surface area contributed by atoms with Crippen molar-refractivity contribution in [1.82, 2.24) is 0 Å². The Morgan fingerprint density at radius 3 is 2.88 bits per heavy atom. The maximum atomic E-state index is 13.3. The summed E-state index contributed by atoms with van der Waals surface area (Å²) in [6.45, 7) is 1.73. The van der Waals surface area contributed by atoms with Gasteiger partial charge in [0, 0.05) is 10.6 Å². The molecule has 2 N–H and O–H groups in total. The highest BCUT2D eigenvalue weighted by molar-refractivity contribution is 8.00. The van der Waals surface area contributed by atoms with E-state index in [1.165, 1.54) is 17.8 Å². The van der Waals surface area contributed by atoms with E-state index < -0.39 is 0 Å². The van der Waals surface area contributed by atoms with E-state index in [-0.39, 0.29) is 17.0 Å². The number of halogens is 2. The van der Waals surface area contributed by atoms with E-state index in [9.17, 15) is 9.18 Å². The van der Waals surface area contributed by atoms with Crippen molar-refractivity contribution in [2.75, 3.05) is 5.75 Å². The van der Waals surface area contributed by atoms with Crippen LogP contribution in [0.15, 0.2) is 18.2 Å². The fourth-order valence-corrected chi connectivity index (χ4v) is 2.29. The van der Waals surface area contributed by atoms with E-state index in [1.54, 1.807) is 19.1 Å². The second-order valence-corrected chi connectivity index (χ2v) is 5.22. The number of amides is 1. The zero-order valence-electron chi connectivity index (χ0n) is 8.87. The zero-order chi connectivity index (χ0) is 12.1. The molecule has 5 heteroatoms. The third-order valence-corrected chi connectivity index (χ3v) is 3.71. The molecule has 88 valence electrons. The fourth-order valence-electron chi connectivity index (χ4n) is 1.19. The first-order valence-corrected chi connectivity index (χ1v) is 6.29. The van der Waals surface area contributed by atoms with Crippen LogP contribution >= 0.6 is 23.4 Å². The lowest BCUT2D eigenvalue weighted by atomic mass is 10.1. The number of nitrogens with two attached hydrogens (primary N) is 1. The van der Waals surface area contributed by atoms with Gasteiger partial charge < -0.3 is 5.73 Å². The van der Waals surface area contributed by atoms with E-state index >= 15 is 0 Å². The van der Waals surface area contributed by atoms with E-state index in [4.69, 9.17) is 17.3 Å². The van der Waals surface area contributed by atoms with Crippen LogP contribution in [0.1, 0.15) is 12.5 Å². The Hall–Kier alpha value is -0.740. The monoisotopic (exact) mass is 261 g/mol. The number of thioether (sulfide) groups is 1. The second-order valence-electron chi connectivity index (χ2n) is 3.37. The van der Waals surface area contributed by atoms with Gasteiger partial charge in [0.2, 0.25) is 5.91 Å². The first-order valence-electron chi connectivity index (χ1n) is 4.86. The molecule has 1 unspecified atom stereocenters. The van der Waals surface area contributed by atoms with Gasteiger partial charge in [-0.05, 0) is 31.2 Å². The normalized spacial score (nSPS) is 12.4. The first kappa shape index (κ1) is 13.3. The van der Waals surface area contributed by atoms with Crippen molar-refractivity contribution in [3.8, 4) is 0 Å². The smallest absolute Gasteiger partial charge is 0.230 e. The highest BCUT2D eigenvalue weighted by atomic mass is 35.5. The molecule has 0 spiro atoms. The minimum absolute atomic E-state index is 0.259. The van der Waals surface area contributed by atoms with Crippen LogP contribution in [0.3, 0.4) is 0 Å². The van der Waals surface area contributed by atoms with Crippen molar-refractivity contribution < 1.29 is 9.18 Å². The van der Waals surface area contributed by atoms with Gasteiger partial charge in [-0.2, -0.15) is 0 Å². The van der Waals surface area contributed by atoms with Gasteiger partial charge in [-0.25, -0.2) is 4.39 Å². The summed E-state index contributed by atoms with van der Waals surface area (Å²) in [6.07, 6.45) is 0.494. The predicted octanol–water partition coefficient (Wildman–Crippen LogP) is 2.63. The lowest BCUT2D eigenvalue weighted by Gasteiger charge is -2.08. The van der Waals surface area contributed by atoms with Crippen molar-refractivity contribution in [1.29, 1.82) is 0 Å². The molecule has 16 heavy (non-hydrogen) atoms. The SMILES string of the molecule is CC(SCCc1c(F)cccc1Cl)C(N)=O. The Morgan fingerprint density at radius 1 is 1.62 bits per heavy atom. The average Bonchev–Trinajstić information content (AvgIpc) is 2.22. The van der Waals surface area contributed by atoms with Crippen LogP contribution in [0.2, 0.25) is 5.02 Å². The highest BCUT2D eigenvalue weighted by Crippen LogP contribution is 2.21. The molecule has 2 nitrogen and oxygen atoms in total. The van der Waals surface area contributed by atoms with Gasteiger partial charge in [-0.3, -0.25) is 4.79 Å². The van der Waals surface area contributed by atoms with Gasteiger partial charge >= 0.3 is 0 Å². The molecular formula is C11H13ClFNOS. The molecule has 1 rings (SSSR count). The maximum Gasteiger partial charge on any atom is 0.230 e. The number of hydrogen-bond acceptors (Lipinski definition) is 2. The molecule has 0 aromatic heterocycles. The summed E-state index contributed by atoms with van der Waals surface area (Å²) in [5, 5.41) is 0.165. The molecule has 0 aliphatic rings. The minimum Gasteiger partial charge on any atom is -0.369 e. The van der Waals surface area contributed by atoms with Crippen molar-refractivity contribution in [2.45, 2.75) is 18.6 Å². The van der Waals surface area contributed by atoms with Crippen molar-refractivity contribution in [3.63, 3.8) is 0 Å². The van der Waals surface area contributed by atoms with E-state index in [1.807, 2.05) is 0 Å². The molecule has 0 fully saturated rings.